The zero-order valence-electron chi connectivity index (χ0n) is 19.7. The third-order valence-corrected chi connectivity index (χ3v) is 6.89. The highest BCUT2D eigenvalue weighted by atomic mass is 16.5. The van der Waals surface area contributed by atoms with Crippen molar-refractivity contribution in [1.29, 1.82) is 0 Å². The predicted molar refractivity (Wildman–Crippen MR) is 130 cm³/mol. The van der Waals surface area contributed by atoms with Crippen LogP contribution < -0.4 is 10.1 Å². The van der Waals surface area contributed by atoms with Gasteiger partial charge in [0.1, 0.15) is 5.75 Å². The lowest BCUT2D eigenvalue weighted by atomic mass is 9.87. The van der Waals surface area contributed by atoms with E-state index in [1.54, 1.807) is 6.07 Å². The molecular weight excluding hydrogens is 430 g/mol. The van der Waals surface area contributed by atoms with Gasteiger partial charge in [0, 0.05) is 24.1 Å². The Morgan fingerprint density at radius 1 is 1.00 bits per heavy atom. The molecule has 2 aliphatic rings. The van der Waals surface area contributed by atoms with Crippen molar-refractivity contribution in [2.45, 2.75) is 70.3 Å². The first-order valence-electron chi connectivity index (χ1n) is 12.3. The highest BCUT2D eigenvalue weighted by Gasteiger charge is 2.27. The second kappa shape index (κ2) is 10.9. The molecule has 0 spiro atoms. The summed E-state index contributed by atoms with van der Waals surface area (Å²) in [5, 5.41) is 12.1. The molecule has 2 aromatic rings. The van der Waals surface area contributed by atoms with Crippen LogP contribution in [0, 0.1) is 12.8 Å². The Morgan fingerprint density at radius 2 is 1.76 bits per heavy atom. The zero-order chi connectivity index (χ0) is 24.1. The molecule has 4 rings (SSSR count). The molecule has 1 amide bonds. The molecule has 0 unspecified atom stereocenters. The molecule has 180 valence electrons. The first-order valence-corrected chi connectivity index (χ1v) is 12.3. The minimum absolute atomic E-state index is 0.0186. The summed E-state index contributed by atoms with van der Waals surface area (Å²) in [6, 6.07) is 13.3. The fourth-order valence-electron chi connectivity index (χ4n) is 4.68. The Hall–Kier alpha value is -3.15. The van der Waals surface area contributed by atoms with Gasteiger partial charge in [0.25, 0.3) is 5.91 Å². The molecule has 2 fully saturated rings. The van der Waals surface area contributed by atoms with Crippen molar-refractivity contribution >= 4 is 17.7 Å². The summed E-state index contributed by atoms with van der Waals surface area (Å²) in [6.07, 6.45) is 6.10. The molecular formula is C28H33NO5. The van der Waals surface area contributed by atoms with Crippen molar-refractivity contribution in [3.05, 3.63) is 64.7 Å². The van der Waals surface area contributed by atoms with Crippen LogP contribution in [0.15, 0.2) is 42.5 Å². The molecule has 2 aliphatic carbocycles. The summed E-state index contributed by atoms with van der Waals surface area (Å²) in [4.78, 5) is 36.2. The fraction of sp³-hybridized carbons (Fsp3) is 0.464. The number of aryl methyl sites for hydroxylation is 1. The van der Waals surface area contributed by atoms with Gasteiger partial charge in [0.05, 0.1) is 12.0 Å². The third-order valence-electron chi connectivity index (χ3n) is 6.89. The number of hydrogen-bond acceptors (Lipinski definition) is 4. The van der Waals surface area contributed by atoms with Crippen LogP contribution in [0.25, 0.3) is 0 Å². The standard InChI is InChI=1S/C28H33NO5/c1-18-16-24(34-23-11-9-20(10-12-23)28(32)33)13-14-25(18)26(30)6-3-15-29-27(31)22-5-2-4-21(17-22)19-7-8-19/h2,4-5,13-14,16-17,19-20,23H,3,6-12,15H2,1H3,(H,29,31)(H,32,33). The molecule has 0 saturated heterocycles. The van der Waals surface area contributed by atoms with Gasteiger partial charge in [0.15, 0.2) is 5.78 Å². The monoisotopic (exact) mass is 463 g/mol. The maximum Gasteiger partial charge on any atom is 0.306 e. The number of carbonyl (C=O) groups excluding carboxylic acids is 2. The van der Waals surface area contributed by atoms with E-state index < -0.39 is 5.97 Å². The molecule has 0 heterocycles. The van der Waals surface area contributed by atoms with Gasteiger partial charge in [-0.05, 0) is 99.2 Å². The van der Waals surface area contributed by atoms with E-state index >= 15 is 0 Å². The lowest BCUT2D eigenvalue weighted by Gasteiger charge is -2.27. The van der Waals surface area contributed by atoms with Crippen molar-refractivity contribution in [3.8, 4) is 5.75 Å². The Balaban J connectivity index is 1.21. The topological polar surface area (TPSA) is 92.7 Å². The molecule has 0 bridgehead atoms. The summed E-state index contributed by atoms with van der Waals surface area (Å²) >= 11 is 0. The van der Waals surface area contributed by atoms with E-state index in [9.17, 15) is 14.4 Å². The first-order chi connectivity index (χ1) is 16.4. The zero-order valence-corrected chi connectivity index (χ0v) is 19.7. The Labute approximate surface area is 200 Å². The molecule has 34 heavy (non-hydrogen) atoms. The summed E-state index contributed by atoms with van der Waals surface area (Å²) in [6.45, 7) is 2.35. The summed E-state index contributed by atoms with van der Waals surface area (Å²) in [5.74, 6) is 0.297. The normalized spacial score (nSPS) is 19.9. The van der Waals surface area contributed by atoms with E-state index in [0.717, 1.165) is 18.4 Å². The average Bonchev–Trinajstić information content (AvgIpc) is 3.68. The van der Waals surface area contributed by atoms with E-state index in [4.69, 9.17) is 9.84 Å². The molecule has 2 N–H and O–H groups in total. The van der Waals surface area contributed by atoms with Gasteiger partial charge in [-0.25, -0.2) is 0 Å². The Kier molecular flexibility index (Phi) is 7.66. The van der Waals surface area contributed by atoms with Gasteiger partial charge in [-0.15, -0.1) is 0 Å². The SMILES string of the molecule is Cc1cc(OC2CCC(C(=O)O)CC2)ccc1C(=O)CCCNC(=O)c1cccc(C2CC2)c1. The summed E-state index contributed by atoms with van der Waals surface area (Å²) < 4.78 is 6.04. The lowest BCUT2D eigenvalue weighted by Crippen LogP contribution is -2.27. The molecule has 6 heteroatoms. The van der Waals surface area contributed by atoms with Gasteiger partial charge >= 0.3 is 5.97 Å². The number of carbonyl (C=O) groups is 3. The second-order valence-electron chi connectivity index (χ2n) is 9.59. The number of nitrogens with one attached hydrogen (secondary N) is 1. The van der Waals surface area contributed by atoms with Crippen molar-refractivity contribution in [3.63, 3.8) is 0 Å². The van der Waals surface area contributed by atoms with E-state index in [-0.39, 0.29) is 23.7 Å². The van der Waals surface area contributed by atoms with Crippen LogP contribution >= 0.6 is 0 Å². The number of benzene rings is 2. The molecule has 2 saturated carbocycles. The summed E-state index contributed by atoms with van der Waals surface area (Å²) in [7, 11) is 0. The lowest BCUT2D eigenvalue weighted by molar-refractivity contribution is -0.143. The van der Waals surface area contributed by atoms with Crippen LogP contribution in [0.4, 0.5) is 0 Å². The number of carboxylic acid groups (broad SMARTS) is 1. The maximum absolute atomic E-state index is 12.7. The van der Waals surface area contributed by atoms with Crippen molar-refractivity contribution in [2.75, 3.05) is 6.54 Å². The van der Waals surface area contributed by atoms with Gasteiger partial charge in [-0.1, -0.05) is 12.1 Å². The smallest absolute Gasteiger partial charge is 0.306 e. The minimum Gasteiger partial charge on any atom is -0.490 e. The van der Waals surface area contributed by atoms with Crippen molar-refractivity contribution < 1.29 is 24.2 Å². The minimum atomic E-state index is -0.723. The number of ketones is 1. The summed E-state index contributed by atoms with van der Waals surface area (Å²) in [5.41, 5.74) is 3.45. The molecule has 0 aliphatic heterocycles. The largest absolute Gasteiger partial charge is 0.490 e. The number of amides is 1. The van der Waals surface area contributed by atoms with Crippen molar-refractivity contribution in [2.24, 2.45) is 5.92 Å². The van der Waals surface area contributed by atoms with Gasteiger partial charge in [-0.2, -0.15) is 0 Å². The van der Waals surface area contributed by atoms with Gasteiger partial charge in [-0.3, -0.25) is 14.4 Å². The molecule has 2 aromatic carbocycles. The highest BCUT2D eigenvalue weighted by Crippen LogP contribution is 2.40. The van der Waals surface area contributed by atoms with E-state index in [2.05, 4.69) is 11.4 Å². The number of hydrogen-bond donors (Lipinski definition) is 2. The van der Waals surface area contributed by atoms with Crippen LogP contribution in [-0.2, 0) is 4.79 Å². The number of carboxylic acids is 1. The molecule has 0 aromatic heterocycles. The predicted octanol–water partition coefficient (Wildman–Crippen LogP) is 5.29. The van der Waals surface area contributed by atoms with Crippen LogP contribution in [0.1, 0.15) is 89.1 Å². The molecule has 0 radical (unpaired) electrons. The van der Waals surface area contributed by atoms with Crippen LogP contribution in [-0.4, -0.2) is 35.4 Å². The van der Waals surface area contributed by atoms with Crippen LogP contribution in [0.3, 0.4) is 0 Å². The molecule has 0 atom stereocenters. The number of rotatable bonds is 10. The molecule has 6 nitrogen and oxygen atoms in total. The number of ether oxygens (including phenoxy) is 1. The highest BCUT2D eigenvalue weighted by molar-refractivity contribution is 5.97. The van der Waals surface area contributed by atoms with Crippen LogP contribution in [0.2, 0.25) is 0 Å². The second-order valence-corrected chi connectivity index (χ2v) is 9.59. The Morgan fingerprint density at radius 3 is 2.44 bits per heavy atom. The fourth-order valence-corrected chi connectivity index (χ4v) is 4.68. The van der Waals surface area contributed by atoms with E-state index in [1.165, 1.54) is 18.4 Å². The van der Waals surface area contributed by atoms with Gasteiger partial charge < -0.3 is 15.2 Å². The Bertz CT molecular complexity index is 1050. The van der Waals surface area contributed by atoms with E-state index in [0.29, 0.717) is 55.0 Å². The van der Waals surface area contributed by atoms with Crippen LogP contribution in [0.5, 0.6) is 5.75 Å². The number of aliphatic carboxylic acids is 1. The van der Waals surface area contributed by atoms with Crippen molar-refractivity contribution in [1.82, 2.24) is 5.32 Å². The van der Waals surface area contributed by atoms with Gasteiger partial charge in [0.2, 0.25) is 0 Å². The average molecular weight is 464 g/mol. The third kappa shape index (κ3) is 6.25. The quantitative estimate of drug-likeness (QED) is 0.369. The van der Waals surface area contributed by atoms with E-state index in [1.807, 2.05) is 37.3 Å². The number of Topliss-reactive ketones (excluding diaryl/α,β-unsaturated/α-hetero) is 1. The maximum atomic E-state index is 12.7. The first kappa shape index (κ1) is 24.0.